The second-order valence-electron chi connectivity index (χ2n) is 10.9. The molecular formula is C34H27N5O9S2. The van der Waals surface area contributed by atoms with E-state index in [0.717, 1.165) is 5.69 Å². The summed E-state index contributed by atoms with van der Waals surface area (Å²) in [5.74, 6) is -0.354. The van der Waals surface area contributed by atoms with Crippen LogP contribution in [0.5, 0.6) is 17.2 Å². The van der Waals surface area contributed by atoms with Crippen molar-refractivity contribution in [1.29, 1.82) is 0 Å². The second-order valence-corrected chi connectivity index (χ2v) is 13.3. The molecule has 6 rings (SSSR count). The van der Waals surface area contributed by atoms with Crippen LogP contribution in [-0.4, -0.2) is 38.2 Å². The molecule has 6 aromatic carbocycles. The minimum absolute atomic E-state index is 0.0511. The topological polar surface area (TPSA) is 209 Å². The number of hydrogen-bond donors (Lipinski definition) is 4. The number of azo groups is 2. The van der Waals surface area contributed by atoms with E-state index in [0.29, 0.717) is 38.8 Å². The van der Waals surface area contributed by atoms with Gasteiger partial charge in [-0.3, -0.25) is 9.11 Å². The molecule has 50 heavy (non-hydrogen) atoms. The average Bonchev–Trinajstić information content (AvgIpc) is 3.06. The minimum Gasteiger partial charge on any atom is -0.505 e. The number of fused-ring (bicyclic) bond motifs is 2. The Morgan fingerprint density at radius 2 is 1.40 bits per heavy atom. The molecular weight excluding hydrogens is 687 g/mol. The van der Waals surface area contributed by atoms with E-state index in [2.05, 4.69) is 30.0 Å². The van der Waals surface area contributed by atoms with Crippen LogP contribution in [0.25, 0.3) is 21.5 Å². The van der Waals surface area contributed by atoms with Crippen molar-refractivity contribution < 1.29 is 40.0 Å². The summed E-state index contributed by atoms with van der Waals surface area (Å²) in [6.45, 7) is 1.73. The Kier molecular flexibility index (Phi) is 9.18. The van der Waals surface area contributed by atoms with Crippen molar-refractivity contribution in [3.63, 3.8) is 0 Å². The standard InChI is InChI=1S/C34H27N5O9S2/c1-20-15-29(31(47-2)19-28(20)37-36-25-12-13-26-21(16-25)7-6-10-30(26)48-50(44,45)46)38-39-33-32(49(41,42)43)18-22-17-24(11-14-27(22)34(33)40)35-23-8-4-3-5-9-23/h3-19,35,40H,1-2H3,(H,41,42,43)(H,44,45,46). The van der Waals surface area contributed by atoms with Crippen LogP contribution in [0, 0.1) is 6.92 Å². The molecule has 14 nitrogen and oxygen atoms in total. The van der Waals surface area contributed by atoms with Crippen molar-refractivity contribution in [1.82, 2.24) is 0 Å². The SMILES string of the molecule is COc1cc(N=Nc2ccc3c(OS(=O)(=O)O)cccc3c2)c(C)cc1N=Nc1c(S(=O)(=O)O)cc2cc(Nc3ccccc3)ccc2c1O. The highest BCUT2D eigenvalue weighted by atomic mass is 32.3. The van der Waals surface area contributed by atoms with E-state index in [4.69, 9.17) is 9.29 Å². The van der Waals surface area contributed by atoms with Crippen LogP contribution in [0.15, 0.2) is 128 Å². The maximum absolute atomic E-state index is 12.4. The molecule has 16 heteroatoms. The number of benzene rings is 6. The van der Waals surface area contributed by atoms with Crippen molar-refractivity contribution in [2.75, 3.05) is 12.4 Å². The Balaban J connectivity index is 1.31. The number of phenolic OH excluding ortho intramolecular Hbond substituents is 1. The van der Waals surface area contributed by atoms with Crippen LogP contribution < -0.4 is 14.2 Å². The molecule has 254 valence electrons. The van der Waals surface area contributed by atoms with Crippen molar-refractivity contribution in [2.24, 2.45) is 20.5 Å². The molecule has 0 aromatic heterocycles. The zero-order valence-electron chi connectivity index (χ0n) is 26.2. The first-order chi connectivity index (χ1) is 23.8. The quantitative estimate of drug-likeness (QED) is 0.0781. The van der Waals surface area contributed by atoms with Crippen molar-refractivity contribution >= 4 is 76.2 Å². The van der Waals surface area contributed by atoms with Gasteiger partial charge in [0.25, 0.3) is 10.1 Å². The van der Waals surface area contributed by atoms with Gasteiger partial charge in [0.2, 0.25) is 0 Å². The summed E-state index contributed by atoms with van der Waals surface area (Å²) >= 11 is 0. The highest BCUT2D eigenvalue weighted by molar-refractivity contribution is 7.86. The lowest BCUT2D eigenvalue weighted by atomic mass is 10.1. The van der Waals surface area contributed by atoms with E-state index < -0.39 is 36.8 Å². The van der Waals surface area contributed by atoms with E-state index in [1.54, 1.807) is 61.5 Å². The number of anilines is 2. The molecule has 0 radical (unpaired) electrons. The Bertz CT molecular complexity index is 2560. The number of ether oxygens (including phenoxy) is 1. The fourth-order valence-corrected chi connectivity index (χ4v) is 6.16. The monoisotopic (exact) mass is 713 g/mol. The summed E-state index contributed by atoms with van der Waals surface area (Å²) in [6, 6.07) is 28.0. The Labute approximate surface area is 286 Å². The summed E-state index contributed by atoms with van der Waals surface area (Å²) in [5, 5.41) is 32.7. The van der Waals surface area contributed by atoms with Crippen LogP contribution >= 0.6 is 0 Å². The molecule has 0 aliphatic heterocycles. The first-order valence-corrected chi connectivity index (χ1v) is 17.4. The van der Waals surface area contributed by atoms with Gasteiger partial charge in [-0.25, -0.2) is 0 Å². The third-order valence-corrected chi connectivity index (χ3v) is 8.70. The Morgan fingerprint density at radius 3 is 2.12 bits per heavy atom. The maximum atomic E-state index is 12.4. The number of nitrogens with one attached hydrogen (secondary N) is 1. The second kappa shape index (κ2) is 13.5. The highest BCUT2D eigenvalue weighted by Crippen LogP contribution is 2.44. The number of para-hydroxylation sites is 1. The third kappa shape index (κ3) is 7.53. The number of phenols is 1. The molecule has 6 aromatic rings. The van der Waals surface area contributed by atoms with Gasteiger partial charge in [-0.2, -0.15) is 27.1 Å². The lowest BCUT2D eigenvalue weighted by Crippen LogP contribution is -2.06. The number of methoxy groups -OCH3 is 1. The fourth-order valence-electron chi connectivity index (χ4n) is 5.13. The van der Waals surface area contributed by atoms with Crippen molar-refractivity contribution in [3.05, 3.63) is 109 Å². The van der Waals surface area contributed by atoms with E-state index in [1.807, 2.05) is 30.3 Å². The summed E-state index contributed by atoms with van der Waals surface area (Å²) < 4.78 is 76.5. The fraction of sp³-hybridized carbons (Fsp3) is 0.0588. The van der Waals surface area contributed by atoms with E-state index in [1.165, 1.54) is 25.3 Å². The largest absolute Gasteiger partial charge is 0.505 e. The molecule has 0 atom stereocenters. The molecule has 0 saturated carbocycles. The van der Waals surface area contributed by atoms with Gasteiger partial charge in [0, 0.05) is 28.2 Å². The molecule has 0 spiro atoms. The van der Waals surface area contributed by atoms with Gasteiger partial charge in [0.05, 0.1) is 18.5 Å². The first kappa shape index (κ1) is 33.9. The average molecular weight is 714 g/mol. The summed E-state index contributed by atoms with van der Waals surface area (Å²) in [6.07, 6.45) is 0. The van der Waals surface area contributed by atoms with Gasteiger partial charge < -0.3 is 19.3 Å². The van der Waals surface area contributed by atoms with Crippen LogP contribution in [0.2, 0.25) is 0 Å². The number of aryl methyl sites for hydroxylation is 1. The van der Waals surface area contributed by atoms with Gasteiger partial charge in [-0.05, 0) is 90.0 Å². The Hall–Kier alpha value is -5.94. The van der Waals surface area contributed by atoms with E-state index in [-0.39, 0.29) is 22.6 Å². The zero-order chi connectivity index (χ0) is 35.6. The van der Waals surface area contributed by atoms with Gasteiger partial charge in [-0.1, -0.05) is 30.3 Å². The first-order valence-electron chi connectivity index (χ1n) is 14.6. The molecule has 0 unspecified atom stereocenters. The van der Waals surface area contributed by atoms with Gasteiger partial charge in [0.1, 0.15) is 22.0 Å². The smallest absolute Gasteiger partial charge is 0.446 e. The lowest BCUT2D eigenvalue weighted by Gasteiger charge is -2.12. The molecule has 0 aliphatic carbocycles. The predicted octanol–water partition coefficient (Wildman–Crippen LogP) is 9.02. The maximum Gasteiger partial charge on any atom is 0.446 e. The van der Waals surface area contributed by atoms with Crippen molar-refractivity contribution in [2.45, 2.75) is 11.8 Å². The van der Waals surface area contributed by atoms with Crippen LogP contribution in [-0.2, 0) is 20.5 Å². The lowest BCUT2D eigenvalue weighted by molar-refractivity contribution is 0.388. The minimum atomic E-state index is -4.85. The molecule has 0 heterocycles. The van der Waals surface area contributed by atoms with E-state index >= 15 is 0 Å². The van der Waals surface area contributed by atoms with Gasteiger partial charge >= 0.3 is 10.4 Å². The number of aromatic hydroxyl groups is 1. The van der Waals surface area contributed by atoms with Crippen molar-refractivity contribution in [3.8, 4) is 17.2 Å². The van der Waals surface area contributed by atoms with Crippen LogP contribution in [0.4, 0.5) is 34.1 Å². The molecule has 0 saturated heterocycles. The number of rotatable bonds is 10. The number of hydrogen-bond acceptors (Lipinski definition) is 12. The summed E-state index contributed by atoms with van der Waals surface area (Å²) in [5.41, 5.74) is 2.54. The zero-order valence-corrected chi connectivity index (χ0v) is 27.8. The van der Waals surface area contributed by atoms with Crippen LogP contribution in [0.1, 0.15) is 5.56 Å². The Morgan fingerprint density at radius 1 is 0.660 bits per heavy atom. The molecule has 0 aliphatic rings. The van der Waals surface area contributed by atoms with Gasteiger partial charge in [0.15, 0.2) is 11.5 Å². The highest BCUT2D eigenvalue weighted by Gasteiger charge is 2.22. The summed E-state index contributed by atoms with van der Waals surface area (Å²) in [7, 11) is -8.17. The molecule has 4 N–H and O–H groups in total. The van der Waals surface area contributed by atoms with E-state index in [9.17, 15) is 26.5 Å². The number of nitrogens with zero attached hydrogens (tertiary/aromatic N) is 4. The predicted molar refractivity (Wildman–Crippen MR) is 187 cm³/mol. The summed E-state index contributed by atoms with van der Waals surface area (Å²) in [4.78, 5) is -0.642. The third-order valence-electron chi connectivity index (χ3n) is 7.44. The molecule has 0 amide bonds. The van der Waals surface area contributed by atoms with Crippen LogP contribution in [0.3, 0.4) is 0 Å². The van der Waals surface area contributed by atoms with Gasteiger partial charge in [-0.15, -0.1) is 10.2 Å². The molecule has 0 fully saturated rings. The normalized spacial score (nSPS) is 12.2. The molecule has 0 bridgehead atoms.